The molecular formula is C16H17Cl2N3OS2. The molecular weight excluding hydrogens is 385 g/mol. The number of nitrogens with one attached hydrogen (secondary N) is 2. The summed E-state index contributed by atoms with van der Waals surface area (Å²) in [5.41, 5.74) is 1.89. The van der Waals surface area contributed by atoms with Gasteiger partial charge in [-0.1, -0.05) is 29.3 Å². The van der Waals surface area contributed by atoms with Crippen molar-refractivity contribution >= 4 is 58.0 Å². The van der Waals surface area contributed by atoms with Crippen molar-refractivity contribution in [3.8, 4) is 5.88 Å². The first-order valence-electron chi connectivity index (χ1n) is 7.15. The molecule has 0 saturated heterocycles. The molecule has 0 radical (unpaired) electrons. The highest BCUT2D eigenvalue weighted by atomic mass is 35.5. The molecule has 2 rings (SSSR count). The van der Waals surface area contributed by atoms with Crippen LogP contribution in [0.2, 0.25) is 10.0 Å². The monoisotopic (exact) mass is 401 g/mol. The number of thiocarbonyl (C=S) groups is 1. The fraction of sp³-hybridized carbons (Fsp3) is 0.250. The van der Waals surface area contributed by atoms with Crippen LogP contribution >= 0.6 is 47.2 Å². The van der Waals surface area contributed by atoms with E-state index in [2.05, 4.69) is 15.6 Å². The van der Waals surface area contributed by atoms with Crippen molar-refractivity contribution in [3.63, 3.8) is 0 Å². The van der Waals surface area contributed by atoms with E-state index in [-0.39, 0.29) is 0 Å². The molecule has 8 heteroatoms. The molecule has 2 aromatic rings. The highest BCUT2D eigenvalue weighted by Crippen LogP contribution is 2.24. The molecule has 1 aromatic heterocycles. The van der Waals surface area contributed by atoms with Gasteiger partial charge in [0, 0.05) is 34.2 Å². The molecule has 128 valence electrons. The van der Waals surface area contributed by atoms with Gasteiger partial charge in [-0.3, -0.25) is 0 Å². The summed E-state index contributed by atoms with van der Waals surface area (Å²) >= 11 is 19.1. The molecule has 2 N–H and O–H groups in total. The molecule has 0 bridgehead atoms. The third-order valence-corrected chi connectivity index (χ3v) is 4.85. The molecule has 24 heavy (non-hydrogen) atoms. The number of benzene rings is 1. The third-order valence-electron chi connectivity index (χ3n) is 3.01. The second kappa shape index (κ2) is 9.93. The fourth-order valence-corrected chi connectivity index (χ4v) is 3.44. The molecule has 0 amide bonds. The van der Waals surface area contributed by atoms with Gasteiger partial charge in [0.2, 0.25) is 5.88 Å². The number of thioether (sulfide) groups is 1. The van der Waals surface area contributed by atoms with E-state index in [1.807, 2.05) is 18.2 Å². The summed E-state index contributed by atoms with van der Waals surface area (Å²) in [6.07, 6.45) is 1.67. The number of halogens is 2. The van der Waals surface area contributed by atoms with Crippen LogP contribution in [0.25, 0.3) is 0 Å². The number of methoxy groups -OCH3 is 1. The average Bonchev–Trinajstić information content (AvgIpc) is 2.57. The molecule has 0 aliphatic heterocycles. The van der Waals surface area contributed by atoms with Crippen molar-refractivity contribution in [2.45, 2.75) is 5.75 Å². The lowest BCUT2D eigenvalue weighted by Crippen LogP contribution is -2.30. The Balaban J connectivity index is 1.65. The first-order valence-corrected chi connectivity index (χ1v) is 9.47. The van der Waals surface area contributed by atoms with E-state index < -0.39 is 0 Å². The number of nitrogens with zero attached hydrogens (tertiary/aromatic N) is 1. The highest BCUT2D eigenvalue weighted by Gasteiger charge is 2.02. The maximum absolute atomic E-state index is 6.15. The highest BCUT2D eigenvalue weighted by molar-refractivity contribution is 7.98. The Labute approximate surface area is 161 Å². The van der Waals surface area contributed by atoms with Gasteiger partial charge in [-0.2, -0.15) is 11.8 Å². The molecule has 0 unspecified atom stereocenters. The molecule has 0 aliphatic carbocycles. The summed E-state index contributed by atoms with van der Waals surface area (Å²) in [5.74, 6) is 2.30. The van der Waals surface area contributed by atoms with Gasteiger partial charge in [0.15, 0.2) is 5.11 Å². The van der Waals surface area contributed by atoms with E-state index in [1.54, 1.807) is 37.2 Å². The van der Waals surface area contributed by atoms with Crippen molar-refractivity contribution in [2.24, 2.45) is 0 Å². The minimum absolute atomic E-state index is 0.562. The zero-order valence-corrected chi connectivity index (χ0v) is 16.2. The van der Waals surface area contributed by atoms with Crippen LogP contribution in [0.4, 0.5) is 5.69 Å². The maximum Gasteiger partial charge on any atom is 0.213 e. The van der Waals surface area contributed by atoms with E-state index in [9.17, 15) is 0 Å². The van der Waals surface area contributed by atoms with E-state index in [0.29, 0.717) is 21.0 Å². The molecule has 0 fully saturated rings. The lowest BCUT2D eigenvalue weighted by molar-refractivity contribution is 0.398. The Morgan fingerprint density at radius 3 is 2.79 bits per heavy atom. The maximum atomic E-state index is 6.15. The van der Waals surface area contributed by atoms with Gasteiger partial charge >= 0.3 is 0 Å². The van der Waals surface area contributed by atoms with Crippen molar-refractivity contribution < 1.29 is 4.74 Å². The lowest BCUT2D eigenvalue weighted by atomic mass is 10.2. The van der Waals surface area contributed by atoms with Gasteiger partial charge in [0.25, 0.3) is 0 Å². The zero-order chi connectivity index (χ0) is 17.4. The fourth-order valence-electron chi connectivity index (χ4n) is 1.81. The normalized spacial score (nSPS) is 10.3. The van der Waals surface area contributed by atoms with Gasteiger partial charge in [0.05, 0.1) is 19.0 Å². The van der Waals surface area contributed by atoms with E-state index in [1.165, 1.54) is 0 Å². The average molecular weight is 402 g/mol. The largest absolute Gasteiger partial charge is 0.481 e. The van der Waals surface area contributed by atoms with Crippen LogP contribution < -0.4 is 15.4 Å². The SMILES string of the molecule is COc1ccc(NC(=S)NCCSCc2ccc(Cl)cc2Cl)cn1. The van der Waals surface area contributed by atoms with Crippen LogP contribution in [0.1, 0.15) is 5.56 Å². The summed E-state index contributed by atoms with van der Waals surface area (Å²) in [7, 11) is 1.58. The first-order chi connectivity index (χ1) is 11.6. The van der Waals surface area contributed by atoms with Crippen LogP contribution in [0.15, 0.2) is 36.5 Å². The van der Waals surface area contributed by atoms with Gasteiger partial charge < -0.3 is 15.4 Å². The number of ether oxygens (including phenoxy) is 1. The summed E-state index contributed by atoms with van der Waals surface area (Å²) in [4.78, 5) is 4.11. The lowest BCUT2D eigenvalue weighted by Gasteiger charge is -2.10. The zero-order valence-electron chi connectivity index (χ0n) is 13.0. The Morgan fingerprint density at radius 2 is 2.12 bits per heavy atom. The summed E-state index contributed by atoms with van der Waals surface area (Å²) in [6, 6.07) is 9.20. The van der Waals surface area contributed by atoms with Crippen molar-refractivity contribution in [1.82, 2.24) is 10.3 Å². The van der Waals surface area contributed by atoms with Gasteiger partial charge in [-0.05, 0) is 36.0 Å². The van der Waals surface area contributed by atoms with Gasteiger partial charge in [-0.15, -0.1) is 0 Å². The second-order valence-electron chi connectivity index (χ2n) is 4.76. The van der Waals surface area contributed by atoms with E-state index >= 15 is 0 Å². The molecule has 4 nitrogen and oxygen atoms in total. The molecule has 0 saturated carbocycles. The Morgan fingerprint density at radius 1 is 1.29 bits per heavy atom. The van der Waals surface area contributed by atoms with Crippen molar-refractivity contribution in [3.05, 3.63) is 52.1 Å². The van der Waals surface area contributed by atoms with Crippen molar-refractivity contribution in [2.75, 3.05) is 24.7 Å². The third kappa shape index (κ3) is 6.36. The van der Waals surface area contributed by atoms with Crippen LogP contribution in [0.5, 0.6) is 5.88 Å². The molecule has 1 heterocycles. The van der Waals surface area contributed by atoms with Crippen LogP contribution in [0.3, 0.4) is 0 Å². The summed E-state index contributed by atoms with van der Waals surface area (Å²) < 4.78 is 5.01. The number of aromatic nitrogens is 1. The Bertz CT molecular complexity index is 684. The molecule has 0 atom stereocenters. The number of hydrogen-bond acceptors (Lipinski definition) is 4. The number of pyridine rings is 1. The van der Waals surface area contributed by atoms with E-state index in [0.717, 1.165) is 29.3 Å². The molecule has 1 aromatic carbocycles. The van der Waals surface area contributed by atoms with Crippen molar-refractivity contribution in [1.29, 1.82) is 0 Å². The number of rotatable bonds is 7. The van der Waals surface area contributed by atoms with Gasteiger partial charge in [0.1, 0.15) is 0 Å². The van der Waals surface area contributed by atoms with Crippen LogP contribution in [0, 0.1) is 0 Å². The summed E-state index contributed by atoms with van der Waals surface area (Å²) in [6.45, 7) is 0.755. The smallest absolute Gasteiger partial charge is 0.213 e. The minimum atomic E-state index is 0.562. The molecule has 0 aliphatic rings. The predicted molar refractivity (Wildman–Crippen MR) is 108 cm³/mol. The predicted octanol–water partition coefficient (Wildman–Crippen LogP) is 4.62. The quantitative estimate of drug-likeness (QED) is 0.521. The summed E-state index contributed by atoms with van der Waals surface area (Å²) in [5, 5.41) is 8.15. The first kappa shape index (κ1) is 19.1. The standard InChI is InChI=1S/C16H17Cl2N3OS2/c1-22-15-5-4-13(9-20-15)21-16(23)19-6-7-24-10-11-2-3-12(17)8-14(11)18/h2-5,8-9H,6-7,10H2,1H3,(H2,19,21,23). The topological polar surface area (TPSA) is 46.2 Å². The van der Waals surface area contributed by atoms with Crippen LogP contribution in [-0.4, -0.2) is 29.5 Å². The van der Waals surface area contributed by atoms with Gasteiger partial charge in [-0.25, -0.2) is 4.98 Å². The van der Waals surface area contributed by atoms with Crippen LogP contribution in [-0.2, 0) is 5.75 Å². The molecule has 0 spiro atoms. The number of hydrogen-bond donors (Lipinski definition) is 2. The Kier molecular flexibility index (Phi) is 7.91. The Hall–Kier alpha value is -1.21. The second-order valence-corrected chi connectivity index (χ2v) is 7.12. The van der Waals surface area contributed by atoms with E-state index in [4.69, 9.17) is 40.2 Å². The number of anilines is 1. The minimum Gasteiger partial charge on any atom is -0.481 e.